The molecule has 0 bridgehead atoms. The van der Waals surface area contributed by atoms with Crippen LogP contribution in [0.25, 0.3) is 22.3 Å². The molecule has 0 atom stereocenters. The minimum Gasteiger partial charge on any atom is -0.504 e. The lowest BCUT2D eigenvalue weighted by Crippen LogP contribution is -2.08. The fraction of sp³-hybridized carbons (Fsp3) is 0. The zero-order chi connectivity index (χ0) is 19.7. The molecule has 6 nitrogen and oxygen atoms in total. The molecule has 3 aromatic carbocycles. The molecular formula is C22H14O6. The summed E-state index contributed by atoms with van der Waals surface area (Å²) in [5.41, 5.74) is 0.330. The Hall–Kier alpha value is -4.06. The lowest BCUT2D eigenvalue weighted by atomic mass is 10.1. The van der Waals surface area contributed by atoms with Crippen molar-refractivity contribution in [3.05, 3.63) is 88.6 Å². The van der Waals surface area contributed by atoms with E-state index in [0.29, 0.717) is 11.1 Å². The standard InChI is InChI=1S/C22H14O6/c23-16-12-14(10-11-18(16)28-22(26)13-6-2-1-3-7-13)21-20(25)19(24)15-8-4-5-9-17(15)27-21/h1-12,23,25H. The number of carbonyl (C=O) groups is 1. The molecule has 0 fully saturated rings. The van der Waals surface area contributed by atoms with E-state index in [2.05, 4.69) is 0 Å². The Morgan fingerprint density at radius 1 is 0.893 bits per heavy atom. The van der Waals surface area contributed by atoms with Crippen LogP contribution in [0.15, 0.2) is 82.0 Å². The predicted molar refractivity (Wildman–Crippen MR) is 103 cm³/mol. The Morgan fingerprint density at radius 2 is 1.61 bits per heavy atom. The summed E-state index contributed by atoms with van der Waals surface area (Å²) in [7, 11) is 0. The van der Waals surface area contributed by atoms with E-state index in [-0.39, 0.29) is 28.2 Å². The molecule has 1 heterocycles. The third-order valence-electron chi connectivity index (χ3n) is 4.21. The number of rotatable bonds is 3. The van der Waals surface area contributed by atoms with Crippen molar-refractivity contribution in [3.63, 3.8) is 0 Å². The SMILES string of the molecule is O=C(Oc1ccc(-c2oc3ccccc3c(=O)c2O)cc1O)c1ccccc1. The molecular weight excluding hydrogens is 360 g/mol. The predicted octanol–water partition coefficient (Wildman–Crippen LogP) is 4.09. The van der Waals surface area contributed by atoms with Crippen LogP contribution in [0.1, 0.15) is 10.4 Å². The van der Waals surface area contributed by atoms with Crippen LogP contribution in [0.2, 0.25) is 0 Å². The second kappa shape index (κ2) is 6.92. The van der Waals surface area contributed by atoms with Crippen LogP contribution in [0.4, 0.5) is 0 Å². The van der Waals surface area contributed by atoms with Gasteiger partial charge in [-0.15, -0.1) is 0 Å². The first-order chi connectivity index (χ1) is 13.5. The van der Waals surface area contributed by atoms with Crippen LogP contribution in [0.3, 0.4) is 0 Å². The van der Waals surface area contributed by atoms with Crippen molar-refractivity contribution < 1.29 is 24.2 Å². The second-order valence-electron chi connectivity index (χ2n) is 6.04. The molecule has 0 spiro atoms. The van der Waals surface area contributed by atoms with Gasteiger partial charge in [0.1, 0.15) is 5.58 Å². The Balaban J connectivity index is 1.71. The molecule has 0 unspecified atom stereocenters. The van der Waals surface area contributed by atoms with E-state index in [1.54, 1.807) is 54.6 Å². The highest BCUT2D eigenvalue weighted by molar-refractivity contribution is 5.91. The van der Waals surface area contributed by atoms with Gasteiger partial charge in [-0.25, -0.2) is 4.79 Å². The third-order valence-corrected chi connectivity index (χ3v) is 4.21. The third kappa shape index (κ3) is 3.07. The van der Waals surface area contributed by atoms with Crippen molar-refractivity contribution in [2.24, 2.45) is 0 Å². The van der Waals surface area contributed by atoms with E-state index in [4.69, 9.17) is 9.15 Å². The molecule has 0 saturated carbocycles. The molecule has 28 heavy (non-hydrogen) atoms. The highest BCUT2D eigenvalue weighted by Crippen LogP contribution is 2.36. The van der Waals surface area contributed by atoms with Gasteiger partial charge < -0.3 is 19.4 Å². The summed E-state index contributed by atoms with van der Waals surface area (Å²) in [6, 6.07) is 19.0. The van der Waals surface area contributed by atoms with Crippen molar-refractivity contribution in [1.82, 2.24) is 0 Å². The number of hydrogen-bond acceptors (Lipinski definition) is 6. The number of carbonyl (C=O) groups excluding carboxylic acids is 1. The molecule has 0 aliphatic carbocycles. The molecule has 4 rings (SSSR count). The quantitative estimate of drug-likeness (QED) is 0.414. The monoisotopic (exact) mass is 374 g/mol. The van der Waals surface area contributed by atoms with Crippen LogP contribution >= 0.6 is 0 Å². The molecule has 6 heteroatoms. The first-order valence-corrected chi connectivity index (χ1v) is 8.40. The Morgan fingerprint density at radius 3 is 2.36 bits per heavy atom. The van der Waals surface area contributed by atoms with Crippen molar-refractivity contribution in [2.45, 2.75) is 0 Å². The Bertz CT molecular complexity index is 1240. The fourth-order valence-corrected chi connectivity index (χ4v) is 2.81. The summed E-state index contributed by atoms with van der Waals surface area (Å²) in [5, 5.41) is 20.7. The number of aromatic hydroxyl groups is 2. The first-order valence-electron chi connectivity index (χ1n) is 8.40. The van der Waals surface area contributed by atoms with Gasteiger partial charge in [-0.1, -0.05) is 30.3 Å². The second-order valence-corrected chi connectivity index (χ2v) is 6.04. The van der Waals surface area contributed by atoms with Gasteiger partial charge in [-0.2, -0.15) is 0 Å². The average molecular weight is 374 g/mol. The van der Waals surface area contributed by atoms with Gasteiger partial charge in [0.2, 0.25) is 11.2 Å². The van der Waals surface area contributed by atoms with Crippen LogP contribution in [0, 0.1) is 0 Å². The number of ether oxygens (including phenoxy) is 1. The summed E-state index contributed by atoms with van der Waals surface area (Å²) in [5.74, 6) is -1.66. The van der Waals surface area contributed by atoms with Gasteiger partial charge in [0.25, 0.3) is 0 Å². The summed E-state index contributed by atoms with van der Waals surface area (Å²) < 4.78 is 10.8. The van der Waals surface area contributed by atoms with E-state index in [1.165, 1.54) is 18.2 Å². The maximum atomic E-state index is 12.3. The summed E-state index contributed by atoms with van der Waals surface area (Å²) in [6.07, 6.45) is 0. The molecule has 4 aromatic rings. The van der Waals surface area contributed by atoms with Crippen molar-refractivity contribution >= 4 is 16.9 Å². The largest absolute Gasteiger partial charge is 0.504 e. The molecule has 1 aromatic heterocycles. The van der Waals surface area contributed by atoms with E-state index in [9.17, 15) is 19.8 Å². The van der Waals surface area contributed by atoms with Crippen LogP contribution < -0.4 is 10.2 Å². The number of hydrogen-bond donors (Lipinski definition) is 2. The van der Waals surface area contributed by atoms with Crippen LogP contribution in [-0.2, 0) is 0 Å². The first kappa shape index (κ1) is 17.4. The van der Waals surface area contributed by atoms with Gasteiger partial charge in [-0.3, -0.25) is 4.79 Å². The van der Waals surface area contributed by atoms with Gasteiger partial charge in [0.05, 0.1) is 10.9 Å². The molecule has 0 saturated heterocycles. The summed E-state index contributed by atoms with van der Waals surface area (Å²) in [6.45, 7) is 0. The van der Waals surface area contributed by atoms with Gasteiger partial charge >= 0.3 is 5.97 Å². The lowest BCUT2D eigenvalue weighted by molar-refractivity contribution is 0.0729. The zero-order valence-corrected chi connectivity index (χ0v) is 14.5. The van der Waals surface area contributed by atoms with Gasteiger partial charge in [0.15, 0.2) is 17.3 Å². The fourth-order valence-electron chi connectivity index (χ4n) is 2.81. The van der Waals surface area contributed by atoms with Crippen molar-refractivity contribution in [1.29, 1.82) is 0 Å². The minimum atomic E-state index is -0.622. The van der Waals surface area contributed by atoms with Crippen LogP contribution in [0.5, 0.6) is 17.2 Å². The maximum Gasteiger partial charge on any atom is 0.343 e. The van der Waals surface area contributed by atoms with Crippen molar-refractivity contribution in [3.8, 4) is 28.6 Å². The molecule has 0 amide bonds. The average Bonchev–Trinajstić information content (AvgIpc) is 2.73. The molecule has 0 aliphatic rings. The molecule has 138 valence electrons. The maximum absolute atomic E-state index is 12.3. The number of benzene rings is 3. The Kier molecular flexibility index (Phi) is 4.29. The highest BCUT2D eigenvalue weighted by Gasteiger charge is 2.18. The molecule has 2 N–H and O–H groups in total. The number of phenols is 1. The normalized spacial score (nSPS) is 10.7. The number of phenolic OH excluding ortho intramolecular Hbond substituents is 1. The van der Waals surface area contributed by atoms with E-state index in [1.807, 2.05) is 0 Å². The van der Waals surface area contributed by atoms with E-state index < -0.39 is 17.1 Å². The Labute approximate surface area is 158 Å². The zero-order valence-electron chi connectivity index (χ0n) is 14.5. The van der Waals surface area contributed by atoms with Gasteiger partial charge in [-0.05, 0) is 42.5 Å². The topological polar surface area (TPSA) is 97.0 Å². The molecule has 0 aliphatic heterocycles. The highest BCUT2D eigenvalue weighted by atomic mass is 16.5. The summed E-state index contributed by atoms with van der Waals surface area (Å²) in [4.78, 5) is 24.5. The molecule has 0 radical (unpaired) electrons. The lowest BCUT2D eigenvalue weighted by Gasteiger charge is -2.09. The van der Waals surface area contributed by atoms with Gasteiger partial charge in [0, 0.05) is 5.56 Å². The number of fused-ring (bicyclic) bond motifs is 1. The van der Waals surface area contributed by atoms with E-state index in [0.717, 1.165) is 0 Å². The van der Waals surface area contributed by atoms with Crippen LogP contribution in [-0.4, -0.2) is 16.2 Å². The number of esters is 1. The van der Waals surface area contributed by atoms with Crippen molar-refractivity contribution in [2.75, 3.05) is 0 Å². The van der Waals surface area contributed by atoms with E-state index >= 15 is 0 Å². The smallest absolute Gasteiger partial charge is 0.343 e. The minimum absolute atomic E-state index is 0.0553. The number of para-hydroxylation sites is 1. The summed E-state index contributed by atoms with van der Waals surface area (Å²) >= 11 is 0.